The van der Waals surface area contributed by atoms with Crippen molar-refractivity contribution in [3.05, 3.63) is 71.9 Å². The van der Waals surface area contributed by atoms with Gasteiger partial charge in [-0.05, 0) is 29.8 Å². The predicted molar refractivity (Wildman–Crippen MR) is 126 cm³/mol. The van der Waals surface area contributed by atoms with Gasteiger partial charge in [-0.3, -0.25) is 14.6 Å². The molecule has 1 amide bonds. The summed E-state index contributed by atoms with van der Waals surface area (Å²) < 4.78 is 11.1. The molecule has 1 aliphatic heterocycles. The van der Waals surface area contributed by atoms with Crippen molar-refractivity contribution in [2.45, 2.75) is 32.9 Å². The van der Waals surface area contributed by atoms with E-state index >= 15 is 0 Å². The van der Waals surface area contributed by atoms with Crippen LogP contribution in [0.2, 0.25) is 0 Å². The Labute approximate surface area is 194 Å². The molecule has 8 heteroatoms. The molecule has 0 bridgehead atoms. The van der Waals surface area contributed by atoms with Gasteiger partial charge in [0.05, 0.1) is 13.1 Å². The summed E-state index contributed by atoms with van der Waals surface area (Å²) in [6, 6.07) is 17.5. The van der Waals surface area contributed by atoms with Gasteiger partial charge in [-0.15, -0.1) is 0 Å². The molecule has 3 aromatic rings. The van der Waals surface area contributed by atoms with E-state index < -0.39 is 0 Å². The highest BCUT2D eigenvalue weighted by molar-refractivity contribution is 5.92. The normalized spacial score (nSPS) is 15.0. The minimum Gasteiger partial charge on any atom is -0.489 e. The lowest BCUT2D eigenvalue weighted by Gasteiger charge is -2.33. The van der Waals surface area contributed by atoms with Crippen LogP contribution < -0.4 is 10.1 Å². The van der Waals surface area contributed by atoms with Crippen molar-refractivity contribution < 1.29 is 14.1 Å². The minimum atomic E-state index is -0.0140. The summed E-state index contributed by atoms with van der Waals surface area (Å²) in [5.74, 6) is 2.42. The third-order valence-corrected chi connectivity index (χ3v) is 5.58. The Balaban J connectivity index is 1.17. The highest BCUT2D eigenvalue weighted by Gasteiger charge is 2.21. The van der Waals surface area contributed by atoms with Crippen LogP contribution in [0, 0.1) is 0 Å². The number of hydrogen-bond acceptors (Lipinski definition) is 7. The second kappa shape index (κ2) is 11.1. The first-order valence-corrected chi connectivity index (χ1v) is 11.4. The van der Waals surface area contributed by atoms with Crippen molar-refractivity contribution in [2.75, 3.05) is 38.0 Å². The lowest BCUT2D eigenvalue weighted by atomic mass is 10.2. The van der Waals surface area contributed by atoms with E-state index in [1.807, 2.05) is 68.4 Å². The number of piperazine rings is 1. The van der Waals surface area contributed by atoms with Gasteiger partial charge in [-0.25, -0.2) is 0 Å². The molecule has 1 fully saturated rings. The summed E-state index contributed by atoms with van der Waals surface area (Å²) in [4.78, 5) is 21.4. The monoisotopic (exact) mass is 449 g/mol. The van der Waals surface area contributed by atoms with Crippen LogP contribution in [0.1, 0.15) is 37.0 Å². The van der Waals surface area contributed by atoms with Gasteiger partial charge >= 0.3 is 0 Å². The maximum Gasteiger partial charge on any atom is 0.240 e. The van der Waals surface area contributed by atoms with Crippen LogP contribution in [0.4, 0.5) is 5.69 Å². The van der Waals surface area contributed by atoms with Gasteiger partial charge in [0.2, 0.25) is 11.8 Å². The molecule has 2 heterocycles. The van der Waals surface area contributed by atoms with Gasteiger partial charge in [0.1, 0.15) is 12.4 Å². The Kier molecular flexibility index (Phi) is 7.70. The third kappa shape index (κ3) is 6.87. The largest absolute Gasteiger partial charge is 0.489 e. The van der Waals surface area contributed by atoms with E-state index in [1.54, 1.807) is 0 Å². The van der Waals surface area contributed by atoms with E-state index in [1.165, 1.54) is 0 Å². The van der Waals surface area contributed by atoms with Crippen LogP contribution in [0.15, 0.2) is 59.1 Å². The number of aromatic nitrogens is 2. The Morgan fingerprint density at radius 2 is 1.73 bits per heavy atom. The fourth-order valence-corrected chi connectivity index (χ4v) is 3.64. The van der Waals surface area contributed by atoms with E-state index in [4.69, 9.17) is 9.26 Å². The van der Waals surface area contributed by atoms with E-state index in [0.717, 1.165) is 49.0 Å². The van der Waals surface area contributed by atoms with E-state index in [2.05, 4.69) is 25.3 Å². The lowest BCUT2D eigenvalue weighted by molar-refractivity contribution is -0.117. The molecule has 0 radical (unpaired) electrons. The molecular weight excluding hydrogens is 418 g/mol. The summed E-state index contributed by atoms with van der Waals surface area (Å²) in [5.41, 5.74) is 1.88. The maximum atomic E-state index is 12.5. The SMILES string of the molecule is CC(C)c1noc(CN2CCN(CC(=O)Nc3ccc(OCc4ccccc4)cc3)CC2)n1. The molecule has 1 N–H and O–H groups in total. The molecule has 1 aromatic heterocycles. The predicted octanol–water partition coefficient (Wildman–Crippen LogP) is 3.53. The van der Waals surface area contributed by atoms with Crippen molar-refractivity contribution in [3.63, 3.8) is 0 Å². The van der Waals surface area contributed by atoms with Crippen LogP contribution in [0.5, 0.6) is 5.75 Å². The van der Waals surface area contributed by atoms with Crippen LogP contribution in [-0.4, -0.2) is 58.6 Å². The number of ether oxygens (including phenoxy) is 1. The number of carbonyl (C=O) groups is 1. The summed E-state index contributed by atoms with van der Waals surface area (Å²) in [5, 5.41) is 6.99. The zero-order chi connectivity index (χ0) is 23.0. The second-order valence-corrected chi connectivity index (χ2v) is 8.60. The van der Waals surface area contributed by atoms with Gasteiger partial charge in [0.15, 0.2) is 5.82 Å². The summed E-state index contributed by atoms with van der Waals surface area (Å²) in [6.07, 6.45) is 0. The standard InChI is InChI=1S/C25H31N5O3/c1-19(2)25-27-24(33-28-25)17-30-14-12-29(13-15-30)16-23(31)26-21-8-10-22(11-9-21)32-18-20-6-4-3-5-7-20/h3-11,19H,12-18H2,1-2H3,(H,26,31). The molecule has 4 rings (SSSR count). The molecule has 0 atom stereocenters. The Bertz CT molecular complexity index is 1010. The third-order valence-electron chi connectivity index (χ3n) is 5.58. The summed E-state index contributed by atoms with van der Waals surface area (Å²) in [6.45, 7) is 9.01. The van der Waals surface area contributed by atoms with Gasteiger partial charge in [-0.2, -0.15) is 4.98 Å². The first-order valence-electron chi connectivity index (χ1n) is 11.4. The molecule has 33 heavy (non-hydrogen) atoms. The van der Waals surface area contributed by atoms with Crippen molar-refractivity contribution in [1.82, 2.24) is 19.9 Å². The first-order chi connectivity index (χ1) is 16.0. The number of amides is 1. The molecule has 0 unspecified atom stereocenters. The van der Waals surface area contributed by atoms with E-state index in [0.29, 0.717) is 25.6 Å². The molecular formula is C25H31N5O3. The summed E-state index contributed by atoms with van der Waals surface area (Å²) >= 11 is 0. The quantitative estimate of drug-likeness (QED) is 0.535. The topological polar surface area (TPSA) is 83.7 Å². The van der Waals surface area contributed by atoms with Crippen molar-refractivity contribution >= 4 is 11.6 Å². The second-order valence-electron chi connectivity index (χ2n) is 8.60. The molecule has 0 saturated carbocycles. The average molecular weight is 450 g/mol. The zero-order valence-electron chi connectivity index (χ0n) is 19.2. The fraction of sp³-hybridized carbons (Fsp3) is 0.400. The van der Waals surface area contributed by atoms with Crippen molar-refractivity contribution in [1.29, 1.82) is 0 Å². The average Bonchev–Trinajstić information content (AvgIpc) is 3.29. The zero-order valence-corrected chi connectivity index (χ0v) is 19.2. The van der Waals surface area contributed by atoms with E-state index in [9.17, 15) is 4.79 Å². The molecule has 2 aromatic carbocycles. The minimum absolute atomic E-state index is 0.0140. The maximum absolute atomic E-state index is 12.5. The van der Waals surface area contributed by atoms with Crippen LogP contribution in [0.25, 0.3) is 0 Å². The fourth-order valence-electron chi connectivity index (χ4n) is 3.64. The van der Waals surface area contributed by atoms with Crippen LogP contribution in [0.3, 0.4) is 0 Å². The molecule has 174 valence electrons. The van der Waals surface area contributed by atoms with Crippen molar-refractivity contribution in [2.24, 2.45) is 0 Å². The number of benzene rings is 2. The van der Waals surface area contributed by atoms with Crippen molar-refractivity contribution in [3.8, 4) is 5.75 Å². The number of carbonyl (C=O) groups excluding carboxylic acids is 1. The van der Waals surface area contributed by atoms with Crippen LogP contribution in [-0.2, 0) is 17.9 Å². The van der Waals surface area contributed by atoms with Gasteiger partial charge < -0.3 is 14.6 Å². The number of hydrogen-bond donors (Lipinski definition) is 1. The number of rotatable bonds is 9. The smallest absolute Gasteiger partial charge is 0.240 e. The van der Waals surface area contributed by atoms with Crippen LogP contribution >= 0.6 is 0 Å². The molecule has 0 aliphatic carbocycles. The number of anilines is 1. The number of nitrogens with one attached hydrogen (secondary N) is 1. The Hall–Kier alpha value is -3.23. The van der Waals surface area contributed by atoms with Gasteiger partial charge in [-0.1, -0.05) is 49.3 Å². The lowest BCUT2D eigenvalue weighted by Crippen LogP contribution is -2.48. The van der Waals surface area contributed by atoms with Gasteiger partial charge in [0, 0.05) is 37.8 Å². The van der Waals surface area contributed by atoms with E-state index in [-0.39, 0.29) is 11.8 Å². The first kappa shape index (κ1) is 22.9. The number of nitrogens with zero attached hydrogens (tertiary/aromatic N) is 4. The Morgan fingerprint density at radius 3 is 2.39 bits per heavy atom. The molecule has 8 nitrogen and oxygen atoms in total. The highest BCUT2D eigenvalue weighted by Crippen LogP contribution is 2.17. The molecule has 1 saturated heterocycles. The summed E-state index contributed by atoms with van der Waals surface area (Å²) in [7, 11) is 0. The molecule has 1 aliphatic rings. The highest BCUT2D eigenvalue weighted by atomic mass is 16.5. The Morgan fingerprint density at radius 1 is 1.03 bits per heavy atom. The molecule has 0 spiro atoms. The van der Waals surface area contributed by atoms with Gasteiger partial charge in [0.25, 0.3) is 0 Å².